The van der Waals surface area contributed by atoms with Gasteiger partial charge in [0.15, 0.2) is 0 Å². The Balaban J connectivity index is 1.55. The topological polar surface area (TPSA) is 76.0 Å². The van der Waals surface area contributed by atoms with Crippen LogP contribution in [0.15, 0.2) is 36.4 Å². The van der Waals surface area contributed by atoms with E-state index in [1.165, 1.54) is 18.2 Å². The molecule has 1 aliphatic carbocycles. The van der Waals surface area contributed by atoms with Gasteiger partial charge in [-0.2, -0.15) is 13.2 Å². The van der Waals surface area contributed by atoms with Crippen LogP contribution >= 0.6 is 0 Å². The molecule has 1 aromatic rings. The monoisotopic (exact) mass is 372 g/mol. The van der Waals surface area contributed by atoms with Crippen molar-refractivity contribution in [1.82, 2.24) is 0 Å². The highest BCUT2D eigenvalue weighted by molar-refractivity contribution is 5.72. The Morgan fingerprint density at radius 2 is 2.15 bits per heavy atom. The summed E-state index contributed by atoms with van der Waals surface area (Å²) in [6.07, 6.45) is -2.85. The first-order chi connectivity index (χ1) is 12.2. The predicted octanol–water partition coefficient (Wildman–Crippen LogP) is 2.31. The zero-order chi connectivity index (χ0) is 18.9. The van der Waals surface area contributed by atoms with Gasteiger partial charge in [-0.3, -0.25) is 4.79 Å². The summed E-state index contributed by atoms with van der Waals surface area (Å²) in [4.78, 5) is 11.3. The maximum atomic E-state index is 12.7. The molecule has 142 valence electrons. The molecule has 2 N–H and O–H groups in total. The minimum absolute atomic E-state index is 0.00281. The van der Waals surface area contributed by atoms with E-state index in [1.807, 2.05) is 0 Å². The van der Waals surface area contributed by atoms with Crippen molar-refractivity contribution in [1.29, 1.82) is 0 Å². The molecule has 0 aromatic heterocycles. The average molecular weight is 372 g/mol. The molecule has 0 radical (unpaired) electrons. The van der Waals surface area contributed by atoms with Gasteiger partial charge in [0.2, 0.25) is 0 Å². The van der Waals surface area contributed by atoms with Crippen LogP contribution in [0.25, 0.3) is 0 Å². The van der Waals surface area contributed by atoms with Gasteiger partial charge in [0, 0.05) is 18.3 Å². The number of carbonyl (C=O) groups excluding carboxylic acids is 1. The van der Waals surface area contributed by atoms with Crippen LogP contribution in [0.2, 0.25) is 0 Å². The number of esters is 1. The van der Waals surface area contributed by atoms with Gasteiger partial charge in [-0.1, -0.05) is 18.2 Å². The van der Waals surface area contributed by atoms with E-state index >= 15 is 0 Å². The Morgan fingerprint density at radius 3 is 2.88 bits per heavy atom. The van der Waals surface area contributed by atoms with E-state index in [0.717, 1.165) is 12.1 Å². The summed E-state index contributed by atoms with van der Waals surface area (Å²) >= 11 is 0. The number of hydrogen-bond donors (Lipinski definition) is 2. The minimum atomic E-state index is -4.46. The standard InChI is InChI=1S/C18H19F3O5/c19-18(20,21)10-2-1-3-12(6-10)25-9-11(22)4-5-13-14-7-17(24)26-16(14)8-15(13)23/h1-6,11,13-16,22-23H,7-9H2/b5-4+/t11-,13-,14-,15-,16+/m1/s1. The maximum absolute atomic E-state index is 12.7. The lowest BCUT2D eigenvalue weighted by Crippen LogP contribution is -2.20. The fourth-order valence-corrected chi connectivity index (χ4v) is 3.44. The van der Waals surface area contributed by atoms with Crippen LogP contribution in [-0.4, -0.2) is 41.1 Å². The van der Waals surface area contributed by atoms with Crippen LogP contribution in [0, 0.1) is 11.8 Å². The molecule has 8 heteroatoms. The van der Waals surface area contributed by atoms with E-state index in [1.54, 1.807) is 6.08 Å². The van der Waals surface area contributed by atoms with Gasteiger partial charge in [0.1, 0.15) is 24.6 Å². The van der Waals surface area contributed by atoms with E-state index in [2.05, 4.69) is 0 Å². The van der Waals surface area contributed by atoms with Crippen molar-refractivity contribution in [3.8, 4) is 5.75 Å². The fourth-order valence-electron chi connectivity index (χ4n) is 3.44. The molecule has 1 saturated heterocycles. The Morgan fingerprint density at radius 1 is 1.38 bits per heavy atom. The van der Waals surface area contributed by atoms with Gasteiger partial charge in [-0.05, 0) is 18.2 Å². The third-order valence-corrected chi connectivity index (χ3v) is 4.71. The highest BCUT2D eigenvalue weighted by Crippen LogP contribution is 2.42. The Hall–Kier alpha value is -2.06. The molecular weight excluding hydrogens is 353 g/mol. The molecule has 2 aliphatic rings. The van der Waals surface area contributed by atoms with Crippen LogP contribution in [-0.2, 0) is 15.7 Å². The number of halogens is 3. The van der Waals surface area contributed by atoms with Crippen molar-refractivity contribution >= 4 is 5.97 Å². The van der Waals surface area contributed by atoms with Crippen molar-refractivity contribution in [2.24, 2.45) is 11.8 Å². The van der Waals surface area contributed by atoms with Crippen molar-refractivity contribution in [2.75, 3.05) is 6.61 Å². The quantitative estimate of drug-likeness (QED) is 0.613. The molecule has 1 aliphatic heterocycles. The maximum Gasteiger partial charge on any atom is 0.416 e. The Labute approximate surface area is 148 Å². The second-order valence-corrected chi connectivity index (χ2v) is 6.57. The van der Waals surface area contributed by atoms with Gasteiger partial charge >= 0.3 is 12.1 Å². The Kier molecular flexibility index (Phi) is 5.24. The summed E-state index contributed by atoms with van der Waals surface area (Å²) in [7, 11) is 0. The zero-order valence-electron chi connectivity index (χ0n) is 13.7. The number of aliphatic hydroxyl groups excluding tert-OH is 2. The molecule has 2 fully saturated rings. The van der Waals surface area contributed by atoms with Crippen LogP contribution in [0.4, 0.5) is 13.2 Å². The molecule has 26 heavy (non-hydrogen) atoms. The average Bonchev–Trinajstić information content (AvgIpc) is 3.05. The van der Waals surface area contributed by atoms with Gasteiger partial charge in [-0.15, -0.1) is 0 Å². The summed E-state index contributed by atoms with van der Waals surface area (Å²) in [5, 5.41) is 20.0. The van der Waals surface area contributed by atoms with Crippen molar-refractivity contribution < 1.29 is 37.7 Å². The first-order valence-electron chi connectivity index (χ1n) is 8.28. The lowest BCUT2D eigenvalue weighted by atomic mass is 9.91. The second kappa shape index (κ2) is 7.28. The molecule has 1 saturated carbocycles. The van der Waals surface area contributed by atoms with Crippen molar-refractivity contribution in [2.45, 2.75) is 37.3 Å². The number of hydrogen-bond acceptors (Lipinski definition) is 5. The summed E-state index contributed by atoms with van der Waals surface area (Å²) in [6, 6.07) is 4.40. The number of alkyl halides is 3. The minimum Gasteiger partial charge on any atom is -0.491 e. The number of carbonyl (C=O) groups is 1. The van der Waals surface area contributed by atoms with E-state index < -0.39 is 23.9 Å². The lowest BCUT2D eigenvalue weighted by molar-refractivity contribution is -0.142. The summed E-state index contributed by atoms with van der Waals surface area (Å²) < 4.78 is 48.3. The van der Waals surface area contributed by atoms with Gasteiger partial charge in [0.25, 0.3) is 0 Å². The molecule has 5 atom stereocenters. The van der Waals surface area contributed by atoms with Crippen LogP contribution < -0.4 is 4.74 Å². The predicted molar refractivity (Wildman–Crippen MR) is 84.2 cm³/mol. The SMILES string of the molecule is O=C1C[C@@H]2[C@@H](/C=C/[C@@H](O)COc3cccc(C(F)(F)F)c3)[C@H](O)C[C@@H]2O1. The van der Waals surface area contributed by atoms with Crippen LogP contribution in [0.5, 0.6) is 5.75 Å². The normalized spacial score (nSPS) is 29.7. The molecule has 1 aromatic carbocycles. The van der Waals surface area contributed by atoms with E-state index in [0.29, 0.717) is 6.42 Å². The van der Waals surface area contributed by atoms with E-state index in [-0.39, 0.29) is 42.7 Å². The number of rotatable bonds is 5. The highest BCUT2D eigenvalue weighted by Gasteiger charge is 2.48. The zero-order valence-corrected chi connectivity index (χ0v) is 13.7. The van der Waals surface area contributed by atoms with E-state index in [4.69, 9.17) is 9.47 Å². The van der Waals surface area contributed by atoms with E-state index in [9.17, 15) is 28.2 Å². The third-order valence-electron chi connectivity index (χ3n) is 4.71. The summed E-state index contributed by atoms with van der Waals surface area (Å²) in [6.45, 7) is -0.232. The first kappa shape index (κ1) is 18.7. The number of aliphatic hydroxyl groups is 2. The molecular formula is C18H19F3O5. The second-order valence-electron chi connectivity index (χ2n) is 6.57. The molecule has 3 rings (SSSR count). The van der Waals surface area contributed by atoms with Crippen LogP contribution in [0.1, 0.15) is 18.4 Å². The fraction of sp³-hybridized carbons (Fsp3) is 0.500. The number of fused-ring (bicyclic) bond motifs is 1. The number of benzene rings is 1. The smallest absolute Gasteiger partial charge is 0.416 e. The highest BCUT2D eigenvalue weighted by atomic mass is 19.4. The van der Waals surface area contributed by atoms with Crippen LogP contribution in [0.3, 0.4) is 0 Å². The molecule has 0 amide bonds. The number of ether oxygens (including phenoxy) is 2. The largest absolute Gasteiger partial charge is 0.491 e. The molecule has 0 unspecified atom stereocenters. The van der Waals surface area contributed by atoms with Gasteiger partial charge in [-0.25, -0.2) is 0 Å². The third kappa shape index (κ3) is 4.19. The summed E-state index contributed by atoms with van der Waals surface area (Å²) in [5.74, 6) is -0.721. The molecule has 0 spiro atoms. The van der Waals surface area contributed by atoms with Crippen molar-refractivity contribution in [3.05, 3.63) is 42.0 Å². The first-order valence-corrected chi connectivity index (χ1v) is 8.28. The van der Waals surface area contributed by atoms with Crippen molar-refractivity contribution in [3.63, 3.8) is 0 Å². The lowest BCUT2D eigenvalue weighted by Gasteiger charge is -2.16. The molecule has 0 bridgehead atoms. The molecule has 1 heterocycles. The van der Waals surface area contributed by atoms with Gasteiger partial charge in [0.05, 0.1) is 18.1 Å². The van der Waals surface area contributed by atoms with Gasteiger partial charge < -0.3 is 19.7 Å². The summed E-state index contributed by atoms with van der Waals surface area (Å²) in [5.41, 5.74) is -0.828. The Bertz CT molecular complexity index is 688. The molecule has 5 nitrogen and oxygen atoms in total.